The molecule has 0 unspecified atom stereocenters. The third-order valence-corrected chi connectivity index (χ3v) is 3.47. The third kappa shape index (κ3) is 4.24. The first-order chi connectivity index (χ1) is 7.13. The maximum atomic E-state index is 6.31. The average molecular weight is 208 g/mol. The van der Waals surface area contributed by atoms with Crippen molar-refractivity contribution in [2.75, 3.05) is 19.6 Å². The summed E-state index contributed by atoms with van der Waals surface area (Å²) in [6, 6.07) is 0. The molecule has 0 aromatic rings. The van der Waals surface area contributed by atoms with E-state index in [1.165, 1.54) is 12.8 Å². The van der Waals surface area contributed by atoms with Crippen molar-refractivity contribution in [1.82, 2.24) is 4.90 Å². The maximum Gasteiger partial charge on any atom is 0.0599 e. The number of terminal acetylenes is 1. The van der Waals surface area contributed by atoms with Crippen molar-refractivity contribution in [3.05, 3.63) is 0 Å². The Labute approximate surface area is 94.2 Å². The van der Waals surface area contributed by atoms with Crippen LogP contribution in [0.5, 0.6) is 0 Å². The van der Waals surface area contributed by atoms with Crippen molar-refractivity contribution in [2.45, 2.75) is 45.1 Å². The second-order valence-corrected chi connectivity index (χ2v) is 4.89. The van der Waals surface area contributed by atoms with Gasteiger partial charge in [0.15, 0.2) is 0 Å². The molecule has 1 fully saturated rings. The molecule has 0 spiro atoms. The minimum atomic E-state index is -0.0499. The van der Waals surface area contributed by atoms with Crippen LogP contribution in [0.1, 0.15) is 39.5 Å². The summed E-state index contributed by atoms with van der Waals surface area (Å²) in [6.45, 7) is 7.16. The van der Waals surface area contributed by atoms with Crippen LogP contribution in [0.15, 0.2) is 0 Å². The summed E-state index contributed by atoms with van der Waals surface area (Å²) < 4.78 is 0. The van der Waals surface area contributed by atoms with Crippen LogP contribution in [-0.4, -0.2) is 30.1 Å². The fourth-order valence-corrected chi connectivity index (χ4v) is 1.90. The van der Waals surface area contributed by atoms with Crippen molar-refractivity contribution < 1.29 is 0 Å². The van der Waals surface area contributed by atoms with Gasteiger partial charge in [0.25, 0.3) is 0 Å². The van der Waals surface area contributed by atoms with Gasteiger partial charge in [-0.05, 0) is 31.6 Å². The van der Waals surface area contributed by atoms with E-state index in [0.29, 0.717) is 0 Å². The van der Waals surface area contributed by atoms with Gasteiger partial charge in [-0.2, -0.15) is 0 Å². The van der Waals surface area contributed by atoms with Crippen LogP contribution in [-0.2, 0) is 0 Å². The zero-order valence-corrected chi connectivity index (χ0v) is 10.1. The zero-order valence-electron chi connectivity index (χ0n) is 10.1. The van der Waals surface area contributed by atoms with Crippen molar-refractivity contribution in [2.24, 2.45) is 11.7 Å². The van der Waals surface area contributed by atoms with Crippen LogP contribution in [0.25, 0.3) is 0 Å². The van der Waals surface area contributed by atoms with Crippen molar-refractivity contribution in [3.8, 4) is 12.3 Å². The van der Waals surface area contributed by atoms with Gasteiger partial charge in [-0.15, -0.1) is 6.42 Å². The van der Waals surface area contributed by atoms with E-state index >= 15 is 0 Å². The highest BCUT2D eigenvalue weighted by Gasteiger charge is 2.28. The van der Waals surface area contributed by atoms with E-state index in [1.807, 2.05) is 0 Å². The number of hydrogen-bond acceptors (Lipinski definition) is 2. The van der Waals surface area contributed by atoms with E-state index in [0.717, 1.165) is 38.4 Å². The Morgan fingerprint density at radius 1 is 1.40 bits per heavy atom. The molecule has 0 atom stereocenters. The van der Waals surface area contributed by atoms with Crippen molar-refractivity contribution >= 4 is 0 Å². The Hall–Kier alpha value is -0.520. The lowest BCUT2D eigenvalue weighted by Gasteiger charge is -2.33. The minimum absolute atomic E-state index is 0.0499. The van der Waals surface area contributed by atoms with Gasteiger partial charge in [-0.25, -0.2) is 0 Å². The maximum absolute atomic E-state index is 6.31. The molecule has 0 amide bonds. The number of hydrogen-bond donors (Lipinski definition) is 1. The molecule has 0 bridgehead atoms. The van der Waals surface area contributed by atoms with Crippen LogP contribution in [0.3, 0.4) is 0 Å². The number of nitrogens with two attached hydrogens (primary N) is 1. The smallest absolute Gasteiger partial charge is 0.0599 e. The first kappa shape index (κ1) is 12.5. The van der Waals surface area contributed by atoms with E-state index in [2.05, 4.69) is 24.7 Å². The molecular weight excluding hydrogens is 184 g/mol. The molecule has 0 aromatic carbocycles. The molecule has 0 heterocycles. The molecule has 2 nitrogen and oxygen atoms in total. The monoisotopic (exact) mass is 208 g/mol. The van der Waals surface area contributed by atoms with E-state index in [9.17, 15) is 0 Å². The Morgan fingerprint density at radius 3 is 2.40 bits per heavy atom. The SMILES string of the molecule is C#CCN(CC1CC1)CC(N)(CC)CC. The molecule has 86 valence electrons. The van der Waals surface area contributed by atoms with E-state index in [4.69, 9.17) is 12.2 Å². The van der Waals surface area contributed by atoms with Crippen molar-refractivity contribution in [1.29, 1.82) is 0 Å². The highest BCUT2D eigenvalue weighted by atomic mass is 15.1. The summed E-state index contributed by atoms with van der Waals surface area (Å²) in [5, 5.41) is 0. The van der Waals surface area contributed by atoms with Crippen LogP contribution < -0.4 is 5.73 Å². The van der Waals surface area contributed by atoms with Gasteiger partial charge in [0.2, 0.25) is 0 Å². The normalized spacial score (nSPS) is 16.7. The molecule has 15 heavy (non-hydrogen) atoms. The topological polar surface area (TPSA) is 29.3 Å². The zero-order chi connectivity index (χ0) is 11.3. The molecule has 1 aliphatic rings. The highest BCUT2D eigenvalue weighted by Crippen LogP contribution is 2.30. The fraction of sp³-hybridized carbons (Fsp3) is 0.846. The molecule has 0 radical (unpaired) electrons. The highest BCUT2D eigenvalue weighted by molar-refractivity contribution is 4.94. The van der Waals surface area contributed by atoms with E-state index in [-0.39, 0.29) is 5.54 Å². The number of nitrogens with zero attached hydrogens (tertiary/aromatic N) is 1. The van der Waals surface area contributed by atoms with E-state index < -0.39 is 0 Å². The van der Waals surface area contributed by atoms with Crippen LogP contribution in [0.4, 0.5) is 0 Å². The predicted octanol–water partition coefficient (Wildman–Crippen LogP) is 1.85. The third-order valence-electron chi connectivity index (χ3n) is 3.47. The largest absolute Gasteiger partial charge is 0.324 e. The van der Waals surface area contributed by atoms with Gasteiger partial charge < -0.3 is 5.73 Å². The van der Waals surface area contributed by atoms with Gasteiger partial charge in [-0.3, -0.25) is 4.90 Å². The Kier molecular flexibility index (Phi) is 4.63. The van der Waals surface area contributed by atoms with Gasteiger partial charge in [0.1, 0.15) is 0 Å². The second-order valence-electron chi connectivity index (χ2n) is 4.89. The average Bonchev–Trinajstić information content (AvgIpc) is 3.02. The first-order valence-electron chi connectivity index (χ1n) is 6.08. The molecule has 1 saturated carbocycles. The minimum Gasteiger partial charge on any atom is -0.324 e. The quantitative estimate of drug-likeness (QED) is 0.647. The van der Waals surface area contributed by atoms with Crippen LogP contribution >= 0.6 is 0 Å². The lowest BCUT2D eigenvalue weighted by molar-refractivity contribution is 0.211. The van der Waals surface area contributed by atoms with Gasteiger partial charge in [0.05, 0.1) is 6.54 Å². The molecule has 0 aliphatic heterocycles. The first-order valence-corrected chi connectivity index (χ1v) is 6.08. The fourth-order valence-electron chi connectivity index (χ4n) is 1.90. The lowest BCUT2D eigenvalue weighted by Crippen LogP contribution is -2.50. The summed E-state index contributed by atoms with van der Waals surface area (Å²) in [6.07, 6.45) is 10.2. The predicted molar refractivity (Wildman–Crippen MR) is 65.5 cm³/mol. The van der Waals surface area contributed by atoms with Crippen molar-refractivity contribution in [3.63, 3.8) is 0 Å². The Balaban J connectivity index is 2.44. The standard InChI is InChI=1S/C13H24N2/c1-4-9-15(10-12-7-8-12)11-13(14,5-2)6-3/h1,12H,5-11,14H2,2-3H3. The van der Waals surface area contributed by atoms with E-state index in [1.54, 1.807) is 0 Å². The molecule has 0 saturated heterocycles. The van der Waals surface area contributed by atoms with Gasteiger partial charge in [0, 0.05) is 18.6 Å². The van der Waals surface area contributed by atoms with Gasteiger partial charge in [-0.1, -0.05) is 19.8 Å². The molecule has 2 N–H and O–H groups in total. The number of rotatable bonds is 7. The Morgan fingerprint density at radius 2 is 2.00 bits per heavy atom. The summed E-state index contributed by atoms with van der Waals surface area (Å²) in [7, 11) is 0. The molecule has 1 aliphatic carbocycles. The lowest BCUT2D eigenvalue weighted by atomic mass is 9.93. The molecule has 1 rings (SSSR count). The molecular formula is C13H24N2. The Bertz CT molecular complexity index is 221. The molecule has 0 aromatic heterocycles. The summed E-state index contributed by atoms with van der Waals surface area (Å²) in [5.41, 5.74) is 6.26. The van der Waals surface area contributed by atoms with Gasteiger partial charge >= 0.3 is 0 Å². The summed E-state index contributed by atoms with van der Waals surface area (Å²) in [4.78, 5) is 2.35. The van der Waals surface area contributed by atoms with Crippen LogP contribution in [0.2, 0.25) is 0 Å². The summed E-state index contributed by atoms with van der Waals surface area (Å²) in [5.74, 6) is 3.63. The molecule has 2 heteroatoms. The second kappa shape index (κ2) is 5.53. The summed E-state index contributed by atoms with van der Waals surface area (Å²) >= 11 is 0. The van der Waals surface area contributed by atoms with Crippen LogP contribution in [0, 0.1) is 18.3 Å².